The van der Waals surface area contributed by atoms with Crippen LogP contribution in [0.15, 0.2) is 59.7 Å². The van der Waals surface area contributed by atoms with Gasteiger partial charge in [0, 0.05) is 34.1 Å². The largest absolute Gasteiger partial charge is 0.384 e. The molecule has 0 radical (unpaired) electrons. The number of nitrogens with zero attached hydrogens (tertiary/aromatic N) is 3. The van der Waals surface area contributed by atoms with Crippen molar-refractivity contribution < 1.29 is 14.4 Å². The first-order valence-corrected chi connectivity index (χ1v) is 9.15. The standard InChI is InChI=1S/C22H17N5O3/c23-21(24)15-2-1-14-8-17(25-10-16(14)7-15)9-20(29)13-3-5-19(6-4-13)27-11-18(12-28)26-22(27)30/h1-8,10,12H,9,11H2,(H3,23,24). The zero-order valence-electron chi connectivity index (χ0n) is 15.8. The fraction of sp³-hybridized carbons (Fsp3) is 0.0909. The smallest absolute Gasteiger partial charge is 0.348 e. The molecule has 1 aliphatic heterocycles. The van der Waals surface area contributed by atoms with E-state index in [0.717, 1.165) is 10.8 Å². The van der Waals surface area contributed by atoms with E-state index in [0.29, 0.717) is 28.8 Å². The van der Waals surface area contributed by atoms with Gasteiger partial charge >= 0.3 is 6.03 Å². The molecule has 0 saturated carbocycles. The Labute approximate surface area is 171 Å². The number of carbonyl (C=O) groups is 3. The zero-order chi connectivity index (χ0) is 21.3. The average molecular weight is 399 g/mol. The van der Waals surface area contributed by atoms with Gasteiger partial charge in [0.15, 0.2) is 12.1 Å². The van der Waals surface area contributed by atoms with Crippen LogP contribution in [0.25, 0.3) is 10.8 Å². The Bertz CT molecular complexity index is 1230. The number of nitrogens with one attached hydrogen (secondary N) is 1. The third kappa shape index (κ3) is 3.70. The van der Waals surface area contributed by atoms with Gasteiger partial charge < -0.3 is 5.73 Å². The first-order valence-electron chi connectivity index (χ1n) is 9.15. The van der Waals surface area contributed by atoms with Gasteiger partial charge in [0.2, 0.25) is 0 Å². The Morgan fingerprint density at radius 3 is 2.50 bits per heavy atom. The molecule has 3 N–H and O–H groups in total. The van der Waals surface area contributed by atoms with Crippen LogP contribution >= 0.6 is 0 Å². The maximum atomic E-state index is 12.7. The summed E-state index contributed by atoms with van der Waals surface area (Å²) in [6.45, 7) is 0.127. The minimum atomic E-state index is -0.496. The lowest BCUT2D eigenvalue weighted by atomic mass is 10.0. The molecule has 148 valence electrons. The molecule has 4 rings (SSSR count). The molecule has 2 heterocycles. The van der Waals surface area contributed by atoms with Crippen LogP contribution in [0.1, 0.15) is 21.6 Å². The number of aldehydes is 1. The minimum Gasteiger partial charge on any atom is -0.384 e. The number of rotatable bonds is 6. The number of benzene rings is 2. The number of anilines is 1. The van der Waals surface area contributed by atoms with Crippen molar-refractivity contribution in [2.45, 2.75) is 6.42 Å². The van der Waals surface area contributed by atoms with Gasteiger partial charge in [0.1, 0.15) is 11.5 Å². The number of fused-ring (bicyclic) bond motifs is 1. The van der Waals surface area contributed by atoms with Crippen LogP contribution in [-0.4, -0.2) is 41.2 Å². The number of amides is 2. The molecular formula is C22H17N5O3. The molecule has 30 heavy (non-hydrogen) atoms. The van der Waals surface area contributed by atoms with Crippen LogP contribution in [-0.2, 0) is 11.2 Å². The van der Waals surface area contributed by atoms with E-state index in [4.69, 9.17) is 11.1 Å². The Hall–Kier alpha value is -4.20. The SMILES string of the molecule is N=C(N)c1ccc2cc(CC(=O)c3ccc(N4CC(C=O)=NC4=O)cc3)ncc2c1. The Balaban J connectivity index is 1.48. The first kappa shape index (κ1) is 19.1. The van der Waals surface area contributed by atoms with Crippen molar-refractivity contribution in [2.24, 2.45) is 10.7 Å². The number of hydrogen-bond acceptors (Lipinski definition) is 5. The number of nitrogens with two attached hydrogens (primary N) is 1. The van der Waals surface area contributed by atoms with Gasteiger partial charge in [-0.15, -0.1) is 0 Å². The molecule has 1 aromatic heterocycles. The molecule has 2 aromatic carbocycles. The van der Waals surface area contributed by atoms with Gasteiger partial charge in [-0.05, 0) is 41.8 Å². The molecule has 1 aliphatic rings. The van der Waals surface area contributed by atoms with Gasteiger partial charge in [0.25, 0.3) is 0 Å². The highest BCUT2D eigenvalue weighted by Crippen LogP contribution is 2.21. The van der Waals surface area contributed by atoms with Crippen molar-refractivity contribution in [3.8, 4) is 0 Å². The van der Waals surface area contributed by atoms with Crippen LogP contribution < -0.4 is 10.6 Å². The molecule has 0 spiro atoms. The van der Waals surface area contributed by atoms with E-state index in [9.17, 15) is 14.4 Å². The quantitative estimate of drug-likeness (QED) is 0.285. The Kier molecular flexibility index (Phi) is 4.89. The molecule has 8 heteroatoms. The number of aliphatic imine (C=N–C) groups is 1. The number of urea groups is 1. The third-order valence-corrected chi connectivity index (χ3v) is 4.86. The number of pyridine rings is 1. The first-order chi connectivity index (χ1) is 14.4. The fourth-order valence-electron chi connectivity index (χ4n) is 3.26. The molecule has 0 aliphatic carbocycles. The number of ketones is 1. The van der Waals surface area contributed by atoms with Crippen LogP contribution in [0.4, 0.5) is 10.5 Å². The lowest BCUT2D eigenvalue weighted by Crippen LogP contribution is -2.26. The summed E-state index contributed by atoms with van der Waals surface area (Å²) in [5.74, 6) is -0.115. The number of Topliss-reactive ketones (excluding diaryl/α,β-unsaturated/α-hetero) is 1. The summed E-state index contributed by atoms with van der Waals surface area (Å²) in [7, 11) is 0. The van der Waals surface area contributed by atoms with Crippen LogP contribution in [0.3, 0.4) is 0 Å². The van der Waals surface area contributed by atoms with Crippen molar-refractivity contribution in [3.05, 3.63) is 71.5 Å². The van der Waals surface area contributed by atoms with Crippen LogP contribution in [0, 0.1) is 5.41 Å². The summed E-state index contributed by atoms with van der Waals surface area (Å²) >= 11 is 0. The molecule has 0 atom stereocenters. The molecule has 2 amide bonds. The summed E-state index contributed by atoms with van der Waals surface area (Å²) in [6, 6.07) is 13.3. The van der Waals surface area contributed by atoms with Gasteiger partial charge in [-0.1, -0.05) is 12.1 Å². The van der Waals surface area contributed by atoms with E-state index in [1.165, 1.54) is 4.90 Å². The second kappa shape index (κ2) is 7.67. The Morgan fingerprint density at radius 2 is 1.83 bits per heavy atom. The van der Waals surface area contributed by atoms with Crippen molar-refractivity contribution in [2.75, 3.05) is 11.4 Å². The van der Waals surface area contributed by atoms with E-state index in [2.05, 4.69) is 9.98 Å². The number of hydrogen-bond donors (Lipinski definition) is 2. The predicted octanol–water partition coefficient (Wildman–Crippen LogP) is 2.52. The number of amidine groups is 1. The molecule has 0 saturated heterocycles. The van der Waals surface area contributed by atoms with Crippen molar-refractivity contribution >= 4 is 46.1 Å². The lowest BCUT2D eigenvalue weighted by molar-refractivity contribution is -0.102. The summed E-state index contributed by atoms with van der Waals surface area (Å²) in [6.07, 6.45) is 2.36. The van der Waals surface area contributed by atoms with E-state index >= 15 is 0 Å². The maximum absolute atomic E-state index is 12.7. The Morgan fingerprint density at radius 1 is 1.10 bits per heavy atom. The fourth-order valence-corrected chi connectivity index (χ4v) is 3.26. The molecular weight excluding hydrogens is 382 g/mol. The third-order valence-electron chi connectivity index (χ3n) is 4.86. The maximum Gasteiger partial charge on any atom is 0.348 e. The van der Waals surface area contributed by atoms with E-state index in [1.54, 1.807) is 42.6 Å². The van der Waals surface area contributed by atoms with E-state index in [1.807, 2.05) is 12.1 Å². The highest BCUT2D eigenvalue weighted by atomic mass is 16.2. The molecule has 0 bridgehead atoms. The number of aromatic nitrogens is 1. The summed E-state index contributed by atoms with van der Waals surface area (Å²) in [5, 5.41) is 9.26. The molecule has 0 unspecified atom stereocenters. The number of nitrogen functional groups attached to an aromatic ring is 1. The van der Waals surface area contributed by atoms with E-state index < -0.39 is 6.03 Å². The topological polar surface area (TPSA) is 130 Å². The summed E-state index contributed by atoms with van der Waals surface area (Å²) in [5.41, 5.74) is 8.01. The second-order valence-corrected chi connectivity index (χ2v) is 6.89. The van der Waals surface area contributed by atoms with Gasteiger partial charge in [-0.25, -0.2) is 4.79 Å². The molecule has 8 nitrogen and oxygen atoms in total. The van der Waals surface area contributed by atoms with Crippen molar-refractivity contribution in [1.82, 2.24) is 4.98 Å². The summed E-state index contributed by atoms with van der Waals surface area (Å²) < 4.78 is 0. The van der Waals surface area contributed by atoms with Gasteiger partial charge in [-0.3, -0.25) is 24.9 Å². The number of carbonyl (C=O) groups excluding carboxylic acids is 3. The van der Waals surface area contributed by atoms with Crippen molar-refractivity contribution in [3.63, 3.8) is 0 Å². The second-order valence-electron chi connectivity index (χ2n) is 6.89. The van der Waals surface area contributed by atoms with Crippen molar-refractivity contribution in [1.29, 1.82) is 5.41 Å². The lowest BCUT2D eigenvalue weighted by Gasteiger charge is -2.14. The molecule has 0 fully saturated rings. The predicted molar refractivity (Wildman–Crippen MR) is 113 cm³/mol. The zero-order valence-corrected chi connectivity index (χ0v) is 15.8. The normalized spacial score (nSPS) is 13.4. The summed E-state index contributed by atoms with van der Waals surface area (Å²) in [4.78, 5) is 44.7. The highest BCUT2D eigenvalue weighted by molar-refractivity contribution is 6.36. The molecule has 3 aromatic rings. The van der Waals surface area contributed by atoms with Crippen LogP contribution in [0.2, 0.25) is 0 Å². The van der Waals surface area contributed by atoms with Crippen LogP contribution in [0.5, 0.6) is 0 Å². The monoisotopic (exact) mass is 399 g/mol. The van der Waals surface area contributed by atoms with Gasteiger partial charge in [0.05, 0.1) is 13.0 Å². The highest BCUT2D eigenvalue weighted by Gasteiger charge is 2.24. The van der Waals surface area contributed by atoms with E-state index in [-0.39, 0.29) is 30.3 Å². The minimum absolute atomic E-state index is 0.0100. The average Bonchev–Trinajstić information content (AvgIpc) is 3.14. The van der Waals surface area contributed by atoms with Gasteiger partial charge in [-0.2, -0.15) is 4.99 Å².